The Kier molecular flexibility index (Phi) is 7.35. The van der Waals surface area contributed by atoms with E-state index < -0.39 is 6.04 Å². The summed E-state index contributed by atoms with van der Waals surface area (Å²) in [6.45, 7) is 4.45. The van der Waals surface area contributed by atoms with Gasteiger partial charge in [-0.2, -0.15) is 0 Å². The minimum absolute atomic E-state index is 0.178. The van der Waals surface area contributed by atoms with Crippen LogP contribution >= 0.6 is 15.9 Å². The van der Waals surface area contributed by atoms with Gasteiger partial charge in [0.15, 0.2) is 0 Å². The molecule has 0 spiro atoms. The second-order valence-corrected chi connectivity index (χ2v) is 8.31. The average Bonchev–Trinajstić information content (AvgIpc) is 3.14. The van der Waals surface area contributed by atoms with Crippen LogP contribution in [0.1, 0.15) is 37.4 Å². The Hall–Kier alpha value is -3.00. The summed E-state index contributed by atoms with van der Waals surface area (Å²) in [6.07, 6.45) is 1.91. The van der Waals surface area contributed by atoms with Crippen molar-refractivity contribution in [1.82, 2.24) is 20.1 Å². The van der Waals surface area contributed by atoms with E-state index in [0.717, 1.165) is 10.0 Å². The second-order valence-electron chi connectivity index (χ2n) is 7.39. The van der Waals surface area contributed by atoms with Gasteiger partial charge in [0.1, 0.15) is 12.4 Å². The van der Waals surface area contributed by atoms with Crippen molar-refractivity contribution in [3.05, 3.63) is 76.5 Å². The molecule has 8 heteroatoms. The largest absolute Gasteiger partial charge is 0.341 e. The minimum atomic E-state index is -0.823. The zero-order valence-electron chi connectivity index (χ0n) is 16.9. The molecular weight excluding hydrogens is 446 g/mol. The van der Waals surface area contributed by atoms with Gasteiger partial charge in [0, 0.05) is 10.9 Å². The van der Waals surface area contributed by atoms with Crippen LogP contribution in [-0.4, -0.2) is 26.6 Å². The molecular formula is C22H24BrN5O2. The van der Waals surface area contributed by atoms with Crippen molar-refractivity contribution >= 4 is 33.7 Å². The molecule has 0 aliphatic rings. The highest BCUT2D eigenvalue weighted by Gasteiger charge is 2.24. The molecule has 3 rings (SSSR count). The van der Waals surface area contributed by atoms with Crippen LogP contribution in [0, 0.1) is 5.92 Å². The number of aromatic nitrogens is 3. The second kappa shape index (κ2) is 10.2. The number of benzene rings is 2. The monoisotopic (exact) mass is 469 g/mol. The van der Waals surface area contributed by atoms with Gasteiger partial charge < -0.3 is 5.32 Å². The van der Waals surface area contributed by atoms with E-state index in [0.29, 0.717) is 18.5 Å². The molecule has 30 heavy (non-hydrogen) atoms. The van der Waals surface area contributed by atoms with Gasteiger partial charge in [-0.25, -0.2) is 9.67 Å². The maximum Gasteiger partial charge on any atom is 0.254 e. The highest BCUT2D eigenvalue weighted by molar-refractivity contribution is 9.10. The molecule has 0 fully saturated rings. The first-order valence-electron chi connectivity index (χ1n) is 9.70. The number of carbonyl (C=O) groups excluding carboxylic acids is 2. The Bertz CT molecular complexity index is 986. The number of nitrogens with zero attached hydrogens (tertiary/aromatic N) is 3. The summed E-state index contributed by atoms with van der Waals surface area (Å²) in [6, 6.07) is 16.2. The van der Waals surface area contributed by atoms with Crippen molar-refractivity contribution in [2.24, 2.45) is 5.92 Å². The van der Waals surface area contributed by atoms with Crippen LogP contribution in [0.15, 0.2) is 65.4 Å². The summed E-state index contributed by atoms with van der Waals surface area (Å²) < 4.78 is 2.65. The maximum atomic E-state index is 12.9. The van der Waals surface area contributed by atoms with Crippen molar-refractivity contribution in [3.8, 4) is 0 Å². The fourth-order valence-corrected chi connectivity index (χ4v) is 3.19. The molecule has 2 aromatic carbocycles. The Balaban J connectivity index is 1.70. The first-order chi connectivity index (χ1) is 14.4. The van der Waals surface area contributed by atoms with Crippen LogP contribution in [0.4, 0.5) is 5.95 Å². The van der Waals surface area contributed by atoms with Crippen LogP contribution < -0.4 is 10.6 Å². The van der Waals surface area contributed by atoms with Crippen LogP contribution in [0.5, 0.6) is 0 Å². The summed E-state index contributed by atoms with van der Waals surface area (Å²) in [5, 5.41) is 9.85. The zero-order valence-corrected chi connectivity index (χ0v) is 18.5. The molecule has 2 amide bonds. The normalized spacial score (nSPS) is 11.9. The van der Waals surface area contributed by atoms with Gasteiger partial charge >= 0.3 is 0 Å². The molecule has 0 bridgehead atoms. The predicted molar refractivity (Wildman–Crippen MR) is 119 cm³/mol. The fourth-order valence-electron chi connectivity index (χ4n) is 2.92. The van der Waals surface area contributed by atoms with Crippen molar-refractivity contribution < 1.29 is 9.59 Å². The van der Waals surface area contributed by atoms with E-state index in [2.05, 4.69) is 36.6 Å². The molecule has 0 radical (unpaired) electrons. The molecule has 1 atom stereocenters. The molecule has 0 aliphatic heterocycles. The highest BCUT2D eigenvalue weighted by atomic mass is 79.9. The van der Waals surface area contributed by atoms with Gasteiger partial charge in [-0.1, -0.05) is 72.2 Å². The summed E-state index contributed by atoms with van der Waals surface area (Å²) >= 11 is 3.41. The number of amides is 2. The number of hydrogen-bond acceptors (Lipinski definition) is 4. The SMILES string of the molecule is CC(C)CC(=O)NC(C(=O)Nc1ncn(Cc2ccc(Br)cc2)n1)c1ccccc1. The lowest BCUT2D eigenvalue weighted by atomic mass is 10.0. The Labute approximate surface area is 184 Å². The number of anilines is 1. The maximum absolute atomic E-state index is 12.9. The number of carbonyl (C=O) groups is 2. The standard InChI is InChI=1S/C22H24BrN5O2/c1-15(2)12-19(29)25-20(17-6-4-3-5-7-17)21(30)26-22-24-14-28(27-22)13-16-8-10-18(23)11-9-16/h3-11,14-15,20H,12-13H2,1-2H3,(H,25,29)(H,26,27,30). The number of hydrogen-bond donors (Lipinski definition) is 2. The first kappa shape index (κ1) is 21.7. The summed E-state index contributed by atoms with van der Waals surface area (Å²) in [7, 11) is 0. The Morgan fingerprint density at radius 2 is 1.77 bits per heavy atom. The molecule has 1 unspecified atom stereocenters. The average molecular weight is 470 g/mol. The van der Waals surface area contributed by atoms with Gasteiger partial charge in [-0.3, -0.25) is 14.9 Å². The van der Waals surface area contributed by atoms with Gasteiger partial charge in [0.2, 0.25) is 11.9 Å². The van der Waals surface area contributed by atoms with Crippen LogP contribution in [0.3, 0.4) is 0 Å². The van der Waals surface area contributed by atoms with Gasteiger partial charge in [0.25, 0.3) is 5.91 Å². The first-order valence-corrected chi connectivity index (χ1v) is 10.5. The molecule has 156 valence electrons. The third-order valence-corrected chi connectivity index (χ3v) is 4.85. The van der Waals surface area contributed by atoms with Crippen molar-refractivity contribution in [2.75, 3.05) is 5.32 Å². The predicted octanol–water partition coefficient (Wildman–Crippen LogP) is 3.93. The third kappa shape index (κ3) is 6.25. The molecule has 0 aliphatic carbocycles. The lowest BCUT2D eigenvalue weighted by Gasteiger charge is -2.18. The Morgan fingerprint density at radius 1 is 1.07 bits per heavy atom. The van der Waals surface area contributed by atoms with Gasteiger partial charge in [-0.15, -0.1) is 5.10 Å². The van der Waals surface area contributed by atoms with Crippen molar-refractivity contribution in [1.29, 1.82) is 0 Å². The number of nitrogens with one attached hydrogen (secondary N) is 2. The number of rotatable bonds is 8. The molecule has 1 aromatic heterocycles. The molecule has 0 saturated heterocycles. The Morgan fingerprint density at radius 3 is 2.43 bits per heavy atom. The van der Waals surface area contributed by atoms with E-state index in [1.165, 1.54) is 0 Å². The zero-order chi connectivity index (χ0) is 21.5. The van der Waals surface area contributed by atoms with E-state index >= 15 is 0 Å². The molecule has 3 aromatic rings. The van der Waals surface area contributed by atoms with Crippen LogP contribution in [-0.2, 0) is 16.1 Å². The third-order valence-electron chi connectivity index (χ3n) is 4.32. The van der Waals surface area contributed by atoms with Crippen LogP contribution in [0.2, 0.25) is 0 Å². The summed E-state index contributed by atoms with van der Waals surface area (Å²) in [5.74, 6) is -0.181. The molecule has 0 saturated carbocycles. The fraction of sp³-hybridized carbons (Fsp3) is 0.273. The van der Waals surface area contributed by atoms with Gasteiger partial charge in [0.05, 0.1) is 6.54 Å². The highest BCUT2D eigenvalue weighted by Crippen LogP contribution is 2.16. The van der Waals surface area contributed by atoms with E-state index in [9.17, 15) is 9.59 Å². The van der Waals surface area contributed by atoms with Gasteiger partial charge in [-0.05, 0) is 29.2 Å². The van der Waals surface area contributed by atoms with Crippen molar-refractivity contribution in [2.45, 2.75) is 32.9 Å². The summed E-state index contributed by atoms with van der Waals surface area (Å²) in [4.78, 5) is 29.4. The summed E-state index contributed by atoms with van der Waals surface area (Å²) in [5.41, 5.74) is 1.76. The van der Waals surface area contributed by atoms with E-state index in [-0.39, 0.29) is 23.7 Å². The lowest BCUT2D eigenvalue weighted by molar-refractivity contribution is -0.127. The molecule has 7 nitrogen and oxygen atoms in total. The molecule has 2 N–H and O–H groups in total. The smallest absolute Gasteiger partial charge is 0.254 e. The van der Waals surface area contributed by atoms with E-state index in [1.54, 1.807) is 23.1 Å². The van der Waals surface area contributed by atoms with Crippen molar-refractivity contribution in [3.63, 3.8) is 0 Å². The van der Waals surface area contributed by atoms with E-state index in [4.69, 9.17) is 0 Å². The van der Waals surface area contributed by atoms with Crippen LogP contribution in [0.25, 0.3) is 0 Å². The number of halogens is 1. The minimum Gasteiger partial charge on any atom is -0.341 e. The lowest BCUT2D eigenvalue weighted by Crippen LogP contribution is -2.37. The van der Waals surface area contributed by atoms with E-state index in [1.807, 2.05) is 56.3 Å². The quantitative estimate of drug-likeness (QED) is 0.522. The topological polar surface area (TPSA) is 88.9 Å². The molecule has 1 heterocycles.